The van der Waals surface area contributed by atoms with Crippen molar-refractivity contribution < 1.29 is 14.4 Å². The summed E-state index contributed by atoms with van der Waals surface area (Å²) in [5.74, 6) is -0.00312. The van der Waals surface area contributed by atoms with Crippen molar-refractivity contribution in [3.63, 3.8) is 0 Å². The highest BCUT2D eigenvalue weighted by atomic mass is 32.2. The highest BCUT2D eigenvalue weighted by molar-refractivity contribution is 7.98. The average Bonchev–Trinajstić information content (AvgIpc) is 2.57. The molecule has 23 heavy (non-hydrogen) atoms. The van der Waals surface area contributed by atoms with Gasteiger partial charge in [-0.2, -0.15) is 9.98 Å². The van der Waals surface area contributed by atoms with E-state index in [1.54, 1.807) is 48.2 Å². The minimum atomic E-state index is -0.00312. The van der Waals surface area contributed by atoms with Gasteiger partial charge in [-0.3, -0.25) is 4.79 Å². The molecule has 0 N–H and O–H groups in total. The van der Waals surface area contributed by atoms with E-state index >= 15 is 0 Å². The fraction of sp³-hybridized carbons (Fsp3) is 0.118. The van der Waals surface area contributed by atoms with Crippen LogP contribution in [-0.4, -0.2) is 24.2 Å². The highest BCUT2D eigenvalue weighted by Crippen LogP contribution is 2.18. The number of aliphatic imine (C=N–C) groups is 2. The van der Waals surface area contributed by atoms with Gasteiger partial charge in [0, 0.05) is 10.5 Å². The largest absolute Gasteiger partial charge is 0.295 e. The summed E-state index contributed by atoms with van der Waals surface area (Å²) in [6, 6.07) is 13.9. The maximum atomic E-state index is 10.8. The van der Waals surface area contributed by atoms with Crippen LogP contribution in [0.15, 0.2) is 63.4 Å². The zero-order valence-electron chi connectivity index (χ0n) is 12.6. The summed E-state index contributed by atoms with van der Waals surface area (Å²) in [7, 11) is 0. The van der Waals surface area contributed by atoms with Gasteiger partial charge in [-0.1, -0.05) is 0 Å². The lowest BCUT2D eigenvalue weighted by atomic mass is 10.1. The van der Waals surface area contributed by atoms with Crippen molar-refractivity contribution in [2.24, 2.45) is 9.98 Å². The van der Waals surface area contributed by atoms with E-state index in [1.807, 2.05) is 18.4 Å². The number of benzene rings is 2. The van der Waals surface area contributed by atoms with Gasteiger partial charge in [-0.15, -0.1) is 11.8 Å². The number of nitrogens with zero attached hydrogens (tertiary/aromatic N) is 2. The number of thioether (sulfide) groups is 1. The van der Waals surface area contributed by atoms with Crippen LogP contribution in [-0.2, 0) is 9.59 Å². The van der Waals surface area contributed by atoms with Crippen LogP contribution in [0.5, 0.6) is 0 Å². The van der Waals surface area contributed by atoms with Gasteiger partial charge in [-0.05, 0) is 61.7 Å². The van der Waals surface area contributed by atoms with Crippen LogP contribution in [0.4, 0.5) is 11.4 Å². The molecule has 6 heteroatoms. The van der Waals surface area contributed by atoms with Crippen LogP contribution in [0.1, 0.15) is 17.3 Å². The fourth-order valence-corrected chi connectivity index (χ4v) is 1.94. The Morgan fingerprint density at radius 1 is 0.870 bits per heavy atom. The Hall–Kier alpha value is -2.78. The number of carbonyl (C=O) groups is 1. The fourth-order valence-electron chi connectivity index (χ4n) is 1.53. The number of carbonyl (C=O) groups excluding carboxylic acids is 3. The number of rotatable bonds is 4. The Labute approximate surface area is 138 Å². The van der Waals surface area contributed by atoms with Crippen LogP contribution in [0.25, 0.3) is 0 Å². The second-order valence-electron chi connectivity index (χ2n) is 4.21. The Kier molecular flexibility index (Phi) is 7.97. The van der Waals surface area contributed by atoms with Gasteiger partial charge in [0.05, 0.1) is 11.4 Å². The minimum absolute atomic E-state index is 0.00312. The molecule has 2 aromatic rings. The molecule has 2 rings (SSSR count). The van der Waals surface area contributed by atoms with Crippen LogP contribution < -0.4 is 0 Å². The number of hydrogen-bond acceptors (Lipinski definition) is 6. The van der Waals surface area contributed by atoms with Gasteiger partial charge in [-0.25, -0.2) is 9.59 Å². The Bertz CT molecular complexity index is 721. The van der Waals surface area contributed by atoms with E-state index in [1.165, 1.54) is 19.1 Å². The smallest absolute Gasteiger partial charge is 0.240 e. The van der Waals surface area contributed by atoms with Crippen LogP contribution in [0, 0.1) is 0 Å². The molecule has 0 bridgehead atoms. The number of isocyanates is 2. The third-order valence-electron chi connectivity index (χ3n) is 2.70. The molecular formula is C17H14N2O3S. The summed E-state index contributed by atoms with van der Waals surface area (Å²) >= 11 is 1.66. The van der Waals surface area contributed by atoms with Gasteiger partial charge in [0.25, 0.3) is 0 Å². The molecule has 0 aliphatic rings. The predicted octanol–water partition coefficient (Wildman–Crippen LogP) is 4.23. The van der Waals surface area contributed by atoms with Crippen molar-refractivity contribution >= 4 is 41.1 Å². The van der Waals surface area contributed by atoms with E-state index in [2.05, 4.69) is 9.98 Å². The van der Waals surface area contributed by atoms with E-state index in [-0.39, 0.29) is 5.78 Å². The number of ketones is 1. The molecule has 116 valence electrons. The molecule has 0 aromatic heterocycles. The van der Waals surface area contributed by atoms with Crippen LogP contribution >= 0.6 is 11.8 Å². The van der Waals surface area contributed by atoms with Crippen molar-refractivity contribution in [2.45, 2.75) is 11.8 Å². The van der Waals surface area contributed by atoms with Crippen LogP contribution in [0.3, 0.4) is 0 Å². The molecule has 0 saturated heterocycles. The molecule has 0 aliphatic heterocycles. The zero-order chi connectivity index (χ0) is 17.1. The first-order valence-electron chi connectivity index (χ1n) is 6.51. The first-order valence-corrected chi connectivity index (χ1v) is 7.74. The lowest BCUT2D eigenvalue weighted by molar-refractivity contribution is 0.101. The maximum Gasteiger partial charge on any atom is 0.240 e. The normalized spacial score (nSPS) is 8.78. The summed E-state index contributed by atoms with van der Waals surface area (Å²) in [5.41, 5.74) is 1.77. The lowest BCUT2D eigenvalue weighted by Crippen LogP contribution is -1.89. The molecular weight excluding hydrogens is 312 g/mol. The van der Waals surface area contributed by atoms with Gasteiger partial charge < -0.3 is 0 Å². The van der Waals surface area contributed by atoms with Crippen LogP contribution in [0.2, 0.25) is 0 Å². The molecule has 0 unspecified atom stereocenters. The van der Waals surface area contributed by atoms with Crippen molar-refractivity contribution in [3.8, 4) is 0 Å². The Balaban J connectivity index is 0.000000231. The third kappa shape index (κ3) is 6.68. The highest BCUT2D eigenvalue weighted by Gasteiger charge is 1.97. The molecule has 0 saturated carbocycles. The molecule has 0 radical (unpaired) electrons. The molecule has 0 atom stereocenters. The van der Waals surface area contributed by atoms with Crippen molar-refractivity contribution in [1.29, 1.82) is 0 Å². The van der Waals surface area contributed by atoms with Gasteiger partial charge in [0.1, 0.15) is 0 Å². The SMILES string of the molecule is CC(=O)c1ccc(N=C=O)cc1.CSc1ccc(N=C=O)cc1. The monoisotopic (exact) mass is 326 g/mol. The Morgan fingerprint density at radius 2 is 1.30 bits per heavy atom. The van der Waals surface area contributed by atoms with E-state index < -0.39 is 0 Å². The first-order chi connectivity index (χ1) is 11.1. The van der Waals surface area contributed by atoms with Gasteiger partial charge in [0.15, 0.2) is 5.78 Å². The number of hydrogen-bond donors (Lipinski definition) is 0. The topological polar surface area (TPSA) is 75.9 Å². The summed E-state index contributed by atoms with van der Waals surface area (Å²) in [5, 5.41) is 0. The average molecular weight is 326 g/mol. The minimum Gasteiger partial charge on any atom is -0.295 e. The molecule has 0 amide bonds. The lowest BCUT2D eigenvalue weighted by Gasteiger charge is -1.93. The summed E-state index contributed by atoms with van der Waals surface area (Å²) in [6.07, 6.45) is 4.91. The van der Waals surface area contributed by atoms with E-state index in [9.17, 15) is 14.4 Å². The molecule has 5 nitrogen and oxygen atoms in total. The third-order valence-corrected chi connectivity index (χ3v) is 3.44. The van der Waals surface area contributed by atoms with E-state index in [0.29, 0.717) is 16.9 Å². The van der Waals surface area contributed by atoms with Crippen molar-refractivity contribution in [2.75, 3.05) is 6.26 Å². The zero-order valence-corrected chi connectivity index (χ0v) is 13.5. The summed E-state index contributed by atoms with van der Waals surface area (Å²) in [4.78, 5) is 38.5. The summed E-state index contributed by atoms with van der Waals surface area (Å²) < 4.78 is 0. The molecule has 0 aliphatic carbocycles. The number of Topliss-reactive ketones (excluding diaryl/α,β-unsaturated/α-hetero) is 1. The summed E-state index contributed by atoms with van der Waals surface area (Å²) in [6.45, 7) is 1.48. The second-order valence-corrected chi connectivity index (χ2v) is 5.09. The molecule has 0 spiro atoms. The molecule has 0 fully saturated rings. The molecule has 0 heterocycles. The quantitative estimate of drug-likeness (QED) is 0.364. The van der Waals surface area contributed by atoms with Gasteiger partial charge >= 0.3 is 0 Å². The van der Waals surface area contributed by atoms with Crippen molar-refractivity contribution in [1.82, 2.24) is 0 Å². The molecule has 2 aromatic carbocycles. The standard InChI is InChI=1S/C9H7NO2.C8H7NOS/c1-7(12)8-2-4-9(5-3-8)10-6-11;1-11-8-4-2-7(3-5-8)9-6-10/h2-5H,1H3;2-5H,1H3. The first kappa shape index (κ1) is 18.3. The second kappa shape index (κ2) is 10.0. The Morgan fingerprint density at radius 3 is 1.65 bits per heavy atom. The van der Waals surface area contributed by atoms with E-state index in [4.69, 9.17) is 0 Å². The maximum absolute atomic E-state index is 10.8. The van der Waals surface area contributed by atoms with Gasteiger partial charge in [0.2, 0.25) is 12.2 Å². The van der Waals surface area contributed by atoms with E-state index in [0.717, 1.165) is 4.90 Å². The van der Waals surface area contributed by atoms with Crippen molar-refractivity contribution in [3.05, 3.63) is 54.1 Å². The predicted molar refractivity (Wildman–Crippen MR) is 90.2 cm³/mol.